The van der Waals surface area contributed by atoms with Gasteiger partial charge in [0.25, 0.3) is 0 Å². The van der Waals surface area contributed by atoms with Crippen LogP contribution < -0.4 is 10.1 Å². The summed E-state index contributed by atoms with van der Waals surface area (Å²) >= 11 is 0. The Hall–Kier alpha value is -2.73. The second-order valence-corrected chi connectivity index (χ2v) is 7.50. The molecule has 0 fully saturated rings. The molecule has 1 amide bonds. The number of nitrogens with one attached hydrogen (secondary N) is 1. The van der Waals surface area contributed by atoms with Crippen LogP contribution in [0.3, 0.4) is 0 Å². The second-order valence-electron chi connectivity index (χ2n) is 7.50. The van der Waals surface area contributed by atoms with Crippen LogP contribution in [0.5, 0.6) is 5.75 Å². The lowest BCUT2D eigenvalue weighted by Crippen LogP contribution is -2.26. The molecule has 31 heavy (non-hydrogen) atoms. The van der Waals surface area contributed by atoms with E-state index in [1.807, 2.05) is 12.1 Å². The summed E-state index contributed by atoms with van der Waals surface area (Å²) in [6.07, 6.45) is 6.75. The SMILES string of the molecule is CCCN(CCC)CCCc1cc(NC(=O)C=Cc2cc(F)cc(F)c2)ccc1OC. The van der Waals surface area contributed by atoms with Gasteiger partial charge in [-0.25, -0.2) is 8.78 Å². The molecule has 0 atom stereocenters. The van der Waals surface area contributed by atoms with Crippen LogP contribution in [-0.4, -0.2) is 37.6 Å². The molecule has 0 saturated carbocycles. The number of hydrogen-bond acceptors (Lipinski definition) is 3. The van der Waals surface area contributed by atoms with Crippen LogP contribution in [0.1, 0.15) is 44.2 Å². The van der Waals surface area contributed by atoms with Crippen molar-refractivity contribution in [3.63, 3.8) is 0 Å². The fourth-order valence-electron chi connectivity index (χ4n) is 3.54. The van der Waals surface area contributed by atoms with Crippen molar-refractivity contribution in [1.29, 1.82) is 0 Å². The molecule has 4 nitrogen and oxygen atoms in total. The van der Waals surface area contributed by atoms with E-state index in [1.54, 1.807) is 13.2 Å². The average Bonchev–Trinajstić information content (AvgIpc) is 2.72. The lowest BCUT2D eigenvalue weighted by molar-refractivity contribution is -0.111. The quantitative estimate of drug-likeness (QED) is 0.441. The molecule has 1 N–H and O–H groups in total. The van der Waals surface area contributed by atoms with E-state index in [1.165, 1.54) is 24.3 Å². The van der Waals surface area contributed by atoms with Gasteiger partial charge in [0.1, 0.15) is 17.4 Å². The molecule has 0 heterocycles. The first-order valence-electron chi connectivity index (χ1n) is 10.8. The van der Waals surface area contributed by atoms with Crippen molar-refractivity contribution >= 4 is 17.7 Å². The summed E-state index contributed by atoms with van der Waals surface area (Å²) in [5.74, 6) is -0.952. The van der Waals surface area contributed by atoms with E-state index in [0.29, 0.717) is 5.69 Å². The van der Waals surface area contributed by atoms with Crippen LogP contribution in [0.25, 0.3) is 6.08 Å². The summed E-state index contributed by atoms with van der Waals surface area (Å²) in [6, 6.07) is 8.65. The topological polar surface area (TPSA) is 41.6 Å². The predicted molar refractivity (Wildman–Crippen MR) is 122 cm³/mol. The van der Waals surface area contributed by atoms with Crippen molar-refractivity contribution in [3.05, 3.63) is 65.2 Å². The zero-order valence-corrected chi connectivity index (χ0v) is 18.6. The van der Waals surface area contributed by atoms with Gasteiger partial charge in [0.2, 0.25) is 5.91 Å². The molecule has 0 bridgehead atoms. The van der Waals surface area contributed by atoms with E-state index in [0.717, 1.165) is 62.7 Å². The molecular formula is C25H32F2N2O2. The number of halogens is 2. The maximum atomic E-state index is 13.3. The van der Waals surface area contributed by atoms with E-state index < -0.39 is 11.6 Å². The molecule has 0 aliphatic heterocycles. The van der Waals surface area contributed by atoms with Crippen LogP contribution in [0.2, 0.25) is 0 Å². The third-order valence-corrected chi connectivity index (χ3v) is 4.86. The Labute approximate surface area is 183 Å². The molecule has 2 aromatic carbocycles. The van der Waals surface area contributed by atoms with Crippen molar-refractivity contribution in [1.82, 2.24) is 4.90 Å². The Balaban J connectivity index is 2.00. The number of carbonyl (C=O) groups excluding carboxylic acids is 1. The van der Waals surface area contributed by atoms with E-state index in [2.05, 4.69) is 24.1 Å². The van der Waals surface area contributed by atoms with E-state index >= 15 is 0 Å². The van der Waals surface area contributed by atoms with Gasteiger partial charge in [0, 0.05) is 17.8 Å². The highest BCUT2D eigenvalue weighted by atomic mass is 19.1. The third kappa shape index (κ3) is 8.50. The fourth-order valence-corrected chi connectivity index (χ4v) is 3.54. The van der Waals surface area contributed by atoms with Crippen molar-refractivity contribution in [3.8, 4) is 5.75 Å². The van der Waals surface area contributed by atoms with Crippen LogP contribution >= 0.6 is 0 Å². The lowest BCUT2D eigenvalue weighted by atomic mass is 10.1. The first kappa shape index (κ1) is 24.5. The second kappa shape index (κ2) is 12.8. The molecular weight excluding hydrogens is 398 g/mol. The molecule has 2 aromatic rings. The summed E-state index contributed by atoms with van der Waals surface area (Å²) in [4.78, 5) is 14.7. The normalized spacial score (nSPS) is 11.3. The number of hydrogen-bond donors (Lipinski definition) is 1. The zero-order valence-electron chi connectivity index (χ0n) is 18.6. The minimum Gasteiger partial charge on any atom is -0.496 e. The average molecular weight is 431 g/mol. The third-order valence-electron chi connectivity index (χ3n) is 4.86. The minimum absolute atomic E-state index is 0.284. The van der Waals surface area contributed by atoms with E-state index in [9.17, 15) is 13.6 Å². The lowest BCUT2D eigenvalue weighted by Gasteiger charge is -2.21. The van der Waals surface area contributed by atoms with Gasteiger partial charge < -0.3 is 15.0 Å². The van der Waals surface area contributed by atoms with Gasteiger partial charge >= 0.3 is 0 Å². The number of benzene rings is 2. The number of aryl methyl sites for hydroxylation is 1. The van der Waals surface area contributed by atoms with Gasteiger partial charge in [-0.15, -0.1) is 0 Å². The molecule has 6 heteroatoms. The number of ether oxygens (including phenoxy) is 1. The summed E-state index contributed by atoms with van der Waals surface area (Å²) in [6.45, 7) is 7.60. The highest BCUT2D eigenvalue weighted by molar-refractivity contribution is 6.02. The van der Waals surface area contributed by atoms with E-state index in [-0.39, 0.29) is 11.5 Å². The minimum atomic E-state index is -0.684. The van der Waals surface area contributed by atoms with Gasteiger partial charge in [0.05, 0.1) is 7.11 Å². The summed E-state index contributed by atoms with van der Waals surface area (Å²) < 4.78 is 32.0. The van der Waals surface area contributed by atoms with Gasteiger partial charge in [0.15, 0.2) is 0 Å². The molecule has 0 aliphatic carbocycles. The van der Waals surface area contributed by atoms with E-state index in [4.69, 9.17) is 4.74 Å². The molecule has 2 rings (SSSR count). The number of anilines is 1. The molecule has 168 valence electrons. The summed E-state index contributed by atoms with van der Waals surface area (Å²) in [7, 11) is 1.64. The van der Waals surface area contributed by atoms with Gasteiger partial charge in [-0.3, -0.25) is 4.79 Å². The predicted octanol–water partition coefficient (Wildman–Crippen LogP) is 5.68. The molecule has 0 spiro atoms. The Morgan fingerprint density at radius 2 is 1.71 bits per heavy atom. The van der Waals surface area contributed by atoms with Gasteiger partial charge in [-0.1, -0.05) is 13.8 Å². The smallest absolute Gasteiger partial charge is 0.248 e. The molecule has 0 saturated heterocycles. The van der Waals surface area contributed by atoms with Crippen molar-refractivity contribution in [2.75, 3.05) is 32.1 Å². The number of amides is 1. The number of rotatable bonds is 12. The van der Waals surface area contributed by atoms with Crippen molar-refractivity contribution in [2.24, 2.45) is 0 Å². The Bertz CT molecular complexity index is 858. The summed E-state index contributed by atoms with van der Waals surface area (Å²) in [5.41, 5.74) is 1.96. The molecule has 0 aliphatic rings. The monoisotopic (exact) mass is 430 g/mol. The number of methoxy groups -OCH3 is 1. The highest BCUT2D eigenvalue weighted by Crippen LogP contribution is 2.24. The van der Waals surface area contributed by atoms with Crippen molar-refractivity contribution < 1.29 is 18.3 Å². The Kier molecular flexibility index (Phi) is 10.2. The first-order chi connectivity index (χ1) is 14.9. The fraction of sp³-hybridized carbons (Fsp3) is 0.400. The molecule has 0 radical (unpaired) electrons. The highest BCUT2D eigenvalue weighted by Gasteiger charge is 2.08. The van der Waals surface area contributed by atoms with Crippen LogP contribution in [-0.2, 0) is 11.2 Å². The Morgan fingerprint density at radius 3 is 2.32 bits per heavy atom. The first-order valence-corrected chi connectivity index (χ1v) is 10.8. The van der Waals surface area contributed by atoms with Crippen LogP contribution in [0, 0.1) is 11.6 Å². The standard InChI is InChI=1S/C25H32F2N2O2/c1-4-12-29(13-5-2)14-6-7-20-17-23(9-10-24(20)31-3)28-25(30)11-8-19-15-21(26)18-22(27)16-19/h8-11,15-18H,4-7,12-14H2,1-3H3,(H,28,30). The number of carbonyl (C=O) groups is 1. The van der Waals surface area contributed by atoms with Crippen LogP contribution in [0.15, 0.2) is 42.5 Å². The van der Waals surface area contributed by atoms with Gasteiger partial charge in [-0.05, 0) is 92.9 Å². The van der Waals surface area contributed by atoms with Crippen LogP contribution in [0.4, 0.5) is 14.5 Å². The van der Waals surface area contributed by atoms with Gasteiger partial charge in [-0.2, -0.15) is 0 Å². The van der Waals surface area contributed by atoms with Crippen molar-refractivity contribution in [2.45, 2.75) is 39.5 Å². The zero-order chi connectivity index (χ0) is 22.6. The summed E-state index contributed by atoms with van der Waals surface area (Å²) in [5, 5.41) is 2.79. The maximum Gasteiger partial charge on any atom is 0.248 e. The largest absolute Gasteiger partial charge is 0.496 e. The number of nitrogens with zero attached hydrogens (tertiary/aromatic N) is 1. The molecule has 0 unspecified atom stereocenters. The maximum absolute atomic E-state index is 13.3. The molecule has 0 aromatic heterocycles. The Morgan fingerprint density at radius 1 is 1.03 bits per heavy atom.